The number of likely N-dealkylation sites (tertiary alicyclic amines) is 1. The second-order valence-corrected chi connectivity index (χ2v) is 7.34. The number of nitrogens with two attached hydrogens (primary N) is 1. The van der Waals surface area contributed by atoms with Crippen LogP contribution in [0.5, 0.6) is 0 Å². The number of nitrogens with zero attached hydrogens (tertiary/aromatic N) is 5. The van der Waals surface area contributed by atoms with E-state index in [4.69, 9.17) is 5.73 Å². The number of amides is 2. The number of aliphatic hydroxyl groups is 1. The molecule has 31 heavy (non-hydrogen) atoms. The summed E-state index contributed by atoms with van der Waals surface area (Å²) < 4.78 is 3.18. The van der Waals surface area contributed by atoms with E-state index in [0.29, 0.717) is 35.6 Å². The third-order valence-electron chi connectivity index (χ3n) is 5.34. The van der Waals surface area contributed by atoms with Gasteiger partial charge in [-0.15, -0.1) is 0 Å². The van der Waals surface area contributed by atoms with Gasteiger partial charge in [0.2, 0.25) is 5.60 Å². The summed E-state index contributed by atoms with van der Waals surface area (Å²) >= 11 is 0. The Morgan fingerprint density at radius 1 is 1.35 bits per heavy atom. The molecule has 0 saturated carbocycles. The van der Waals surface area contributed by atoms with Crippen molar-refractivity contribution in [3.8, 4) is 28.8 Å². The highest BCUT2D eigenvalue weighted by Gasteiger charge is 2.43. The lowest BCUT2D eigenvalue weighted by Crippen LogP contribution is -2.38. The Morgan fingerprint density at radius 2 is 2.16 bits per heavy atom. The van der Waals surface area contributed by atoms with Crippen molar-refractivity contribution in [2.75, 3.05) is 13.1 Å². The van der Waals surface area contributed by atoms with Crippen LogP contribution in [0.3, 0.4) is 0 Å². The lowest BCUT2D eigenvalue weighted by molar-refractivity contribution is -0.138. The lowest BCUT2D eigenvalue weighted by atomic mass is 10.0. The van der Waals surface area contributed by atoms with E-state index in [0.717, 1.165) is 0 Å². The largest absolute Gasteiger partial charge is 0.369 e. The number of carbonyl (C=O) groups is 2. The molecule has 2 amide bonds. The molecule has 1 atom stereocenters. The number of aryl methyl sites for hydroxylation is 1. The monoisotopic (exact) mass is 418 g/mol. The van der Waals surface area contributed by atoms with Crippen molar-refractivity contribution in [2.45, 2.75) is 18.9 Å². The lowest BCUT2D eigenvalue weighted by Gasteiger charge is -2.15. The van der Waals surface area contributed by atoms with Crippen LogP contribution >= 0.6 is 0 Å². The SMILES string of the molecule is CCN1CC[C@@](O)(C#Cc2cccc(-n3cc(-c4ccnn4C)c(C(N)=O)n3)c2)C1=O. The van der Waals surface area contributed by atoms with Gasteiger partial charge in [-0.25, -0.2) is 4.68 Å². The van der Waals surface area contributed by atoms with E-state index in [2.05, 4.69) is 22.0 Å². The minimum absolute atomic E-state index is 0.130. The molecule has 1 aromatic carbocycles. The molecule has 0 bridgehead atoms. The van der Waals surface area contributed by atoms with Crippen LogP contribution < -0.4 is 5.73 Å². The predicted molar refractivity (Wildman–Crippen MR) is 113 cm³/mol. The molecule has 0 radical (unpaired) electrons. The zero-order valence-corrected chi connectivity index (χ0v) is 17.2. The smallest absolute Gasteiger partial charge is 0.269 e. The number of hydrogen-bond acceptors (Lipinski definition) is 5. The van der Waals surface area contributed by atoms with Crippen molar-refractivity contribution < 1.29 is 14.7 Å². The van der Waals surface area contributed by atoms with Crippen LogP contribution in [-0.2, 0) is 11.8 Å². The first-order valence-corrected chi connectivity index (χ1v) is 9.85. The van der Waals surface area contributed by atoms with Gasteiger partial charge in [0.15, 0.2) is 5.69 Å². The molecule has 1 saturated heterocycles. The van der Waals surface area contributed by atoms with Crippen molar-refractivity contribution in [2.24, 2.45) is 12.8 Å². The minimum Gasteiger partial charge on any atom is -0.369 e. The summed E-state index contributed by atoms with van der Waals surface area (Å²) in [5.74, 6) is 4.62. The summed E-state index contributed by atoms with van der Waals surface area (Å²) in [7, 11) is 1.77. The van der Waals surface area contributed by atoms with E-state index in [1.54, 1.807) is 58.0 Å². The van der Waals surface area contributed by atoms with Gasteiger partial charge >= 0.3 is 0 Å². The van der Waals surface area contributed by atoms with Gasteiger partial charge in [0, 0.05) is 44.5 Å². The molecular weight excluding hydrogens is 396 g/mol. The van der Waals surface area contributed by atoms with E-state index in [-0.39, 0.29) is 18.0 Å². The third kappa shape index (κ3) is 3.69. The second-order valence-electron chi connectivity index (χ2n) is 7.34. The molecule has 158 valence electrons. The fraction of sp³-hybridized carbons (Fsp3) is 0.273. The number of rotatable bonds is 4. The summed E-state index contributed by atoms with van der Waals surface area (Å²) in [5, 5.41) is 19.1. The summed E-state index contributed by atoms with van der Waals surface area (Å²) in [6, 6.07) is 8.90. The van der Waals surface area contributed by atoms with E-state index in [9.17, 15) is 14.7 Å². The third-order valence-corrected chi connectivity index (χ3v) is 5.34. The number of benzene rings is 1. The highest BCUT2D eigenvalue weighted by atomic mass is 16.3. The standard InChI is InChI=1S/C22H22N6O3/c1-3-27-12-10-22(31,21(27)30)9-7-15-5-4-6-16(13-15)28-14-17(19(25-28)20(23)29)18-8-11-24-26(18)2/h4-6,8,11,13-14,31H,3,10,12H2,1-2H3,(H2,23,29)/t22-/m0/s1. The first kappa shape index (κ1) is 20.4. The quantitative estimate of drug-likeness (QED) is 0.605. The Balaban J connectivity index is 1.68. The van der Waals surface area contributed by atoms with E-state index in [1.807, 2.05) is 13.0 Å². The van der Waals surface area contributed by atoms with E-state index < -0.39 is 11.5 Å². The molecule has 0 aliphatic carbocycles. The molecule has 0 spiro atoms. The number of carbonyl (C=O) groups excluding carboxylic acids is 2. The molecule has 0 unspecified atom stereocenters. The molecule has 3 aromatic rings. The highest BCUT2D eigenvalue weighted by molar-refractivity contribution is 5.97. The Morgan fingerprint density at radius 3 is 2.81 bits per heavy atom. The second kappa shape index (κ2) is 7.74. The molecule has 9 nitrogen and oxygen atoms in total. The zero-order valence-electron chi connectivity index (χ0n) is 17.2. The van der Waals surface area contributed by atoms with Crippen LogP contribution in [0.25, 0.3) is 16.9 Å². The maximum absolute atomic E-state index is 12.3. The molecule has 3 heterocycles. The van der Waals surface area contributed by atoms with Gasteiger partial charge in [-0.3, -0.25) is 14.3 Å². The van der Waals surface area contributed by atoms with Gasteiger partial charge < -0.3 is 15.7 Å². The van der Waals surface area contributed by atoms with Crippen molar-refractivity contribution in [1.29, 1.82) is 0 Å². The fourth-order valence-corrected chi connectivity index (χ4v) is 3.60. The van der Waals surface area contributed by atoms with Crippen LogP contribution in [0.1, 0.15) is 29.4 Å². The molecule has 4 rings (SSSR count). The van der Waals surface area contributed by atoms with Crippen LogP contribution in [0, 0.1) is 11.8 Å². The number of hydrogen-bond donors (Lipinski definition) is 2. The minimum atomic E-state index is -1.66. The van der Waals surface area contributed by atoms with Crippen molar-refractivity contribution in [1.82, 2.24) is 24.5 Å². The average molecular weight is 418 g/mol. The molecule has 1 aliphatic rings. The first-order chi connectivity index (χ1) is 14.8. The zero-order chi connectivity index (χ0) is 22.2. The summed E-state index contributed by atoms with van der Waals surface area (Å²) in [6.45, 7) is 2.89. The summed E-state index contributed by atoms with van der Waals surface area (Å²) in [5.41, 5.74) is 6.53. The van der Waals surface area contributed by atoms with Crippen LogP contribution in [0.15, 0.2) is 42.7 Å². The van der Waals surface area contributed by atoms with Crippen molar-refractivity contribution in [3.05, 3.63) is 54.0 Å². The number of primary amides is 1. The van der Waals surface area contributed by atoms with E-state index in [1.165, 1.54) is 0 Å². The Bertz CT molecular complexity index is 1230. The molecule has 2 aromatic heterocycles. The topological polar surface area (TPSA) is 119 Å². The van der Waals surface area contributed by atoms with Gasteiger partial charge in [0.1, 0.15) is 0 Å². The van der Waals surface area contributed by atoms with Crippen molar-refractivity contribution in [3.63, 3.8) is 0 Å². The predicted octanol–water partition coefficient (Wildman–Crippen LogP) is 0.706. The first-order valence-electron chi connectivity index (χ1n) is 9.85. The van der Waals surface area contributed by atoms with E-state index >= 15 is 0 Å². The Labute approximate surface area is 179 Å². The van der Waals surface area contributed by atoms with Gasteiger partial charge in [-0.05, 0) is 31.2 Å². The average Bonchev–Trinajstić information content (AvgIpc) is 3.45. The molecule has 1 fully saturated rings. The highest BCUT2D eigenvalue weighted by Crippen LogP contribution is 2.25. The molecule has 3 N–H and O–H groups in total. The number of likely N-dealkylation sites (N-methyl/N-ethyl adjacent to an activating group) is 1. The van der Waals surface area contributed by atoms with Crippen LogP contribution in [0.4, 0.5) is 0 Å². The Hall–Kier alpha value is -3.90. The maximum atomic E-state index is 12.3. The molecule has 9 heteroatoms. The summed E-state index contributed by atoms with van der Waals surface area (Å²) in [6.07, 6.45) is 3.61. The normalized spacial score (nSPS) is 18.2. The van der Waals surface area contributed by atoms with Gasteiger partial charge in [0.25, 0.3) is 11.8 Å². The fourth-order valence-electron chi connectivity index (χ4n) is 3.60. The summed E-state index contributed by atoms with van der Waals surface area (Å²) in [4.78, 5) is 25.8. The van der Waals surface area contributed by atoms with Gasteiger partial charge in [-0.1, -0.05) is 17.9 Å². The van der Waals surface area contributed by atoms with Gasteiger partial charge in [-0.2, -0.15) is 10.2 Å². The number of aromatic nitrogens is 4. The van der Waals surface area contributed by atoms with Crippen LogP contribution in [-0.4, -0.2) is 60.1 Å². The van der Waals surface area contributed by atoms with Crippen LogP contribution in [0.2, 0.25) is 0 Å². The van der Waals surface area contributed by atoms with Gasteiger partial charge in [0.05, 0.1) is 16.9 Å². The maximum Gasteiger partial charge on any atom is 0.269 e. The Kier molecular flexibility index (Phi) is 5.09. The molecular formula is C22H22N6O3. The molecule has 1 aliphatic heterocycles. The van der Waals surface area contributed by atoms with Crippen molar-refractivity contribution >= 4 is 11.8 Å².